The van der Waals surface area contributed by atoms with E-state index in [0.717, 1.165) is 13.1 Å². The van der Waals surface area contributed by atoms with Gasteiger partial charge in [0.05, 0.1) is 5.69 Å². The van der Waals surface area contributed by atoms with E-state index in [1.54, 1.807) is 13.0 Å². The summed E-state index contributed by atoms with van der Waals surface area (Å²) < 4.78 is 0. The van der Waals surface area contributed by atoms with E-state index in [1.807, 2.05) is 24.3 Å². The number of pyridine rings is 1. The summed E-state index contributed by atoms with van der Waals surface area (Å²) in [5, 5.41) is 2.80. The van der Waals surface area contributed by atoms with E-state index >= 15 is 0 Å². The molecule has 5 heteroatoms. The Balaban J connectivity index is 1.69. The highest BCUT2D eigenvalue weighted by atomic mass is 16.1. The Morgan fingerprint density at radius 2 is 1.83 bits per heavy atom. The highest BCUT2D eigenvalue weighted by Crippen LogP contribution is 2.20. The number of aromatic nitrogens is 1. The first-order chi connectivity index (χ1) is 11.1. The number of aromatic amines is 1. The third-order valence-electron chi connectivity index (χ3n) is 4.20. The van der Waals surface area contributed by atoms with Crippen molar-refractivity contribution in [2.45, 2.75) is 26.2 Å². The highest BCUT2D eigenvalue weighted by Gasteiger charge is 2.12. The minimum atomic E-state index is -0.179. The van der Waals surface area contributed by atoms with E-state index in [2.05, 4.69) is 15.2 Å². The van der Waals surface area contributed by atoms with Crippen LogP contribution in [0.3, 0.4) is 0 Å². The maximum absolute atomic E-state index is 12.3. The lowest BCUT2D eigenvalue weighted by Gasteiger charge is -2.28. The summed E-state index contributed by atoms with van der Waals surface area (Å²) in [6, 6.07) is 9.35. The highest BCUT2D eigenvalue weighted by molar-refractivity contribution is 6.04. The van der Waals surface area contributed by atoms with Crippen LogP contribution in [0, 0.1) is 6.92 Å². The SMILES string of the molecule is Cc1cc(NC(=O)c2ccc(N3CCCCC3)cc2)c[nH]c1=O. The molecule has 0 saturated carbocycles. The van der Waals surface area contributed by atoms with Crippen molar-refractivity contribution >= 4 is 17.3 Å². The second-order valence-corrected chi connectivity index (χ2v) is 5.95. The lowest BCUT2D eigenvalue weighted by molar-refractivity contribution is 0.102. The van der Waals surface area contributed by atoms with Crippen LogP contribution >= 0.6 is 0 Å². The fourth-order valence-corrected chi connectivity index (χ4v) is 2.85. The van der Waals surface area contributed by atoms with Gasteiger partial charge < -0.3 is 15.2 Å². The monoisotopic (exact) mass is 311 g/mol. The first-order valence-corrected chi connectivity index (χ1v) is 7.99. The molecule has 1 fully saturated rings. The molecule has 2 N–H and O–H groups in total. The van der Waals surface area contributed by atoms with Crippen LogP contribution in [0.15, 0.2) is 41.3 Å². The topological polar surface area (TPSA) is 65.2 Å². The Labute approximate surface area is 135 Å². The van der Waals surface area contributed by atoms with Gasteiger partial charge in [-0.15, -0.1) is 0 Å². The van der Waals surface area contributed by atoms with Crippen molar-refractivity contribution in [1.29, 1.82) is 0 Å². The predicted octanol–water partition coefficient (Wildman–Crippen LogP) is 2.93. The molecule has 5 nitrogen and oxygen atoms in total. The van der Waals surface area contributed by atoms with Gasteiger partial charge in [-0.2, -0.15) is 0 Å². The molecule has 3 rings (SSSR count). The van der Waals surface area contributed by atoms with Gasteiger partial charge in [-0.1, -0.05) is 0 Å². The minimum absolute atomic E-state index is 0.145. The molecule has 1 aromatic carbocycles. The number of H-pyrrole nitrogens is 1. The number of benzene rings is 1. The van der Waals surface area contributed by atoms with Gasteiger partial charge in [-0.3, -0.25) is 9.59 Å². The molecule has 1 aliphatic rings. The first-order valence-electron chi connectivity index (χ1n) is 7.99. The maximum atomic E-state index is 12.3. The van der Waals surface area contributed by atoms with Crippen LogP contribution in [0.25, 0.3) is 0 Å². The number of hydrogen-bond donors (Lipinski definition) is 2. The molecular weight excluding hydrogens is 290 g/mol. The normalized spacial score (nSPS) is 14.6. The van der Waals surface area contributed by atoms with E-state index in [4.69, 9.17) is 0 Å². The average Bonchev–Trinajstić information content (AvgIpc) is 2.59. The van der Waals surface area contributed by atoms with Crippen molar-refractivity contribution in [1.82, 2.24) is 4.98 Å². The molecule has 0 atom stereocenters. The standard InChI is InChI=1S/C18H21N3O2/c1-13-11-15(12-19-17(13)22)20-18(23)14-5-7-16(8-6-14)21-9-3-2-4-10-21/h5-8,11-12H,2-4,9-10H2,1H3,(H,19,22)(H,20,23). The van der Waals surface area contributed by atoms with Crippen molar-refractivity contribution in [3.05, 3.63) is 58.0 Å². The third-order valence-corrected chi connectivity index (χ3v) is 4.20. The fourth-order valence-electron chi connectivity index (χ4n) is 2.85. The van der Waals surface area contributed by atoms with Gasteiger partial charge in [0.1, 0.15) is 0 Å². The van der Waals surface area contributed by atoms with Crippen LogP contribution in [0.5, 0.6) is 0 Å². The lowest BCUT2D eigenvalue weighted by Crippen LogP contribution is -2.29. The molecule has 1 saturated heterocycles. The molecule has 120 valence electrons. The molecular formula is C18H21N3O2. The Morgan fingerprint density at radius 3 is 2.48 bits per heavy atom. The third kappa shape index (κ3) is 3.62. The summed E-state index contributed by atoms with van der Waals surface area (Å²) >= 11 is 0. The van der Waals surface area contributed by atoms with Crippen molar-refractivity contribution in [2.24, 2.45) is 0 Å². The summed E-state index contributed by atoms with van der Waals surface area (Å²) in [7, 11) is 0. The molecule has 0 radical (unpaired) electrons. The quantitative estimate of drug-likeness (QED) is 0.916. The van der Waals surface area contributed by atoms with Crippen LogP contribution < -0.4 is 15.8 Å². The maximum Gasteiger partial charge on any atom is 0.255 e. The van der Waals surface area contributed by atoms with Gasteiger partial charge in [-0.25, -0.2) is 0 Å². The van der Waals surface area contributed by atoms with Crippen molar-refractivity contribution < 1.29 is 4.79 Å². The molecule has 0 spiro atoms. The number of rotatable bonds is 3. The second kappa shape index (κ2) is 6.69. The number of nitrogens with zero attached hydrogens (tertiary/aromatic N) is 1. The second-order valence-electron chi connectivity index (χ2n) is 5.95. The molecule has 0 aliphatic carbocycles. The molecule has 0 bridgehead atoms. The number of piperidine rings is 1. The molecule has 1 amide bonds. The number of aryl methyl sites for hydroxylation is 1. The summed E-state index contributed by atoms with van der Waals surface area (Å²) in [5.74, 6) is -0.179. The predicted molar refractivity (Wildman–Crippen MR) is 92.3 cm³/mol. The Hall–Kier alpha value is -2.56. The van der Waals surface area contributed by atoms with Crippen molar-refractivity contribution in [3.63, 3.8) is 0 Å². The van der Waals surface area contributed by atoms with Crippen molar-refractivity contribution in [2.75, 3.05) is 23.3 Å². The largest absolute Gasteiger partial charge is 0.372 e. The Bertz CT molecular complexity index is 744. The summed E-state index contributed by atoms with van der Waals surface area (Å²) in [4.78, 5) is 28.6. The zero-order valence-corrected chi connectivity index (χ0v) is 13.3. The number of anilines is 2. The van der Waals surface area contributed by atoms with Crippen LogP contribution in [-0.2, 0) is 0 Å². The van der Waals surface area contributed by atoms with Gasteiger partial charge in [0, 0.05) is 36.1 Å². The van der Waals surface area contributed by atoms with E-state index in [-0.39, 0.29) is 11.5 Å². The van der Waals surface area contributed by atoms with Crippen LogP contribution in [0.4, 0.5) is 11.4 Å². The smallest absolute Gasteiger partial charge is 0.255 e. The molecule has 2 aromatic rings. The summed E-state index contributed by atoms with van der Waals surface area (Å²) in [5.41, 5.74) is 2.79. The van der Waals surface area contributed by atoms with Crippen LogP contribution in [-0.4, -0.2) is 24.0 Å². The van der Waals surface area contributed by atoms with Crippen LogP contribution in [0.1, 0.15) is 35.2 Å². The fraction of sp³-hybridized carbons (Fsp3) is 0.333. The summed E-state index contributed by atoms with van der Waals surface area (Å²) in [6.45, 7) is 3.88. The average molecular weight is 311 g/mol. The van der Waals surface area contributed by atoms with Crippen LogP contribution in [0.2, 0.25) is 0 Å². The number of carbonyl (C=O) groups is 1. The number of nitrogens with one attached hydrogen (secondary N) is 2. The van der Waals surface area contributed by atoms with Gasteiger partial charge in [-0.05, 0) is 56.5 Å². The molecule has 2 heterocycles. The molecule has 1 aromatic heterocycles. The zero-order chi connectivity index (χ0) is 16.2. The van der Waals surface area contributed by atoms with E-state index in [1.165, 1.54) is 31.1 Å². The van der Waals surface area contributed by atoms with Gasteiger partial charge >= 0.3 is 0 Å². The zero-order valence-electron chi connectivity index (χ0n) is 13.3. The number of hydrogen-bond acceptors (Lipinski definition) is 3. The Kier molecular flexibility index (Phi) is 4.46. The summed E-state index contributed by atoms with van der Waals surface area (Å²) in [6.07, 6.45) is 5.27. The van der Waals surface area contributed by atoms with Crippen molar-refractivity contribution in [3.8, 4) is 0 Å². The van der Waals surface area contributed by atoms with E-state index < -0.39 is 0 Å². The van der Waals surface area contributed by atoms with Gasteiger partial charge in [0.15, 0.2) is 0 Å². The molecule has 1 aliphatic heterocycles. The molecule has 23 heavy (non-hydrogen) atoms. The minimum Gasteiger partial charge on any atom is -0.372 e. The van der Waals surface area contributed by atoms with Gasteiger partial charge in [0.25, 0.3) is 11.5 Å². The number of carbonyl (C=O) groups excluding carboxylic acids is 1. The first kappa shape index (κ1) is 15.3. The Morgan fingerprint density at radius 1 is 1.13 bits per heavy atom. The van der Waals surface area contributed by atoms with E-state index in [0.29, 0.717) is 16.8 Å². The van der Waals surface area contributed by atoms with Gasteiger partial charge in [0.2, 0.25) is 0 Å². The van der Waals surface area contributed by atoms with E-state index in [9.17, 15) is 9.59 Å². The lowest BCUT2D eigenvalue weighted by atomic mass is 10.1. The number of amides is 1. The molecule has 0 unspecified atom stereocenters.